The highest BCUT2D eigenvalue weighted by atomic mass is 16.6. The van der Waals surface area contributed by atoms with Crippen LogP contribution in [0.3, 0.4) is 0 Å². The maximum atomic E-state index is 11.3. The summed E-state index contributed by atoms with van der Waals surface area (Å²) in [4.78, 5) is 30.7. The summed E-state index contributed by atoms with van der Waals surface area (Å²) in [5, 5.41) is 16.2. The van der Waals surface area contributed by atoms with Crippen LogP contribution >= 0.6 is 0 Å². The molecule has 0 radical (unpaired) electrons. The maximum Gasteiger partial charge on any atom is 0.503 e. The van der Waals surface area contributed by atoms with Gasteiger partial charge < -0.3 is 10.2 Å². The number of hydrogen-bond donors (Lipinski definition) is 3. The molecule has 1 atom stereocenters. The zero-order valence-corrected chi connectivity index (χ0v) is 8.79. The largest absolute Gasteiger partial charge is 0.503 e. The van der Waals surface area contributed by atoms with E-state index in [1.165, 1.54) is 0 Å². The Hall–Kier alpha value is -2.37. The molecule has 6 nitrogen and oxygen atoms in total. The van der Waals surface area contributed by atoms with Crippen LogP contribution in [-0.2, 0) is 9.59 Å². The van der Waals surface area contributed by atoms with Gasteiger partial charge in [0.25, 0.3) is 0 Å². The van der Waals surface area contributed by atoms with E-state index >= 15 is 0 Å². The van der Waals surface area contributed by atoms with Crippen LogP contribution in [0, 0.1) is 0 Å². The molecule has 0 aromatic heterocycles. The molecule has 1 aliphatic rings. The molecule has 1 aromatic rings. The van der Waals surface area contributed by atoms with Gasteiger partial charge in [-0.05, 0) is 5.56 Å². The van der Waals surface area contributed by atoms with E-state index in [2.05, 4.69) is 5.32 Å². The number of carboxylic acid groups (broad SMARTS) is 2. The predicted molar refractivity (Wildman–Crippen MR) is 57.6 cm³/mol. The van der Waals surface area contributed by atoms with Gasteiger partial charge in [0.05, 0.1) is 5.92 Å². The van der Waals surface area contributed by atoms with Crippen molar-refractivity contribution in [3.63, 3.8) is 0 Å². The van der Waals surface area contributed by atoms with Crippen molar-refractivity contribution in [1.82, 2.24) is 5.32 Å². The molecule has 1 unspecified atom stereocenters. The highest BCUT2D eigenvalue weighted by Crippen LogP contribution is 2.23. The molecule has 17 heavy (non-hydrogen) atoms. The van der Waals surface area contributed by atoms with Gasteiger partial charge in [0.2, 0.25) is 11.8 Å². The van der Waals surface area contributed by atoms with Crippen molar-refractivity contribution in [2.24, 2.45) is 0 Å². The first-order valence-corrected chi connectivity index (χ1v) is 4.81. The van der Waals surface area contributed by atoms with Gasteiger partial charge in [0.15, 0.2) is 0 Å². The summed E-state index contributed by atoms with van der Waals surface area (Å²) in [6.45, 7) is 0. The molecule has 1 heterocycles. The lowest BCUT2D eigenvalue weighted by molar-refractivity contribution is -0.125. The van der Waals surface area contributed by atoms with Gasteiger partial charge in [0.1, 0.15) is 0 Å². The minimum atomic E-state index is -1.83. The SMILES string of the molecule is O=C(O)O.O=C1CC(c2ccccc2)C(=O)N1. The zero-order valence-electron chi connectivity index (χ0n) is 8.79. The van der Waals surface area contributed by atoms with Crippen molar-refractivity contribution in [1.29, 1.82) is 0 Å². The fourth-order valence-corrected chi connectivity index (χ4v) is 1.51. The second-order valence-corrected chi connectivity index (χ2v) is 3.36. The molecule has 0 spiro atoms. The number of hydrogen-bond acceptors (Lipinski definition) is 3. The van der Waals surface area contributed by atoms with Crippen LogP contribution < -0.4 is 5.32 Å². The van der Waals surface area contributed by atoms with E-state index in [9.17, 15) is 9.59 Å². The van der Waals surface area contributed by atoms with Gasteiger partial charge in [-0.15, -0.1) is 0 Å². The molecule has 1 fully saturated rings. The van der Waals surface area contributed by atoms with Gasteiger partial charge in [-0.2, -0.15) is 0 Å². The third-order valence-corrected chi connectivity index (χ3v) is 2.17. The lowest BCUT2D eigenvalue weighted by Gasteiger charge is -2.04. The monoisotopic (exact) mass is 237 g/mol. The average molecular weight is 237 g/mol. The smallest absolute Gasteiger partial charge is 0.450 e. The Morgan fingerprint density at radius 1 is 1.18 bits per heavy atom. The predicted octanol–water partition coefficient (Wildman–Crippen LogP) is 1.04. The van der Waals surface area contributed by atoms with Crippen LogP contribution in [0.4, 0.5) is 4.79 Å². The normalized spacial score (nSPS) is 18.0. The standard InChI is InChI=1S/C10H9NO2.CH2O3/c12-9-6-8(10(13)11-9)7-4-2-1-3-5-7;2-1(3)4/h1-5,8H,6H2,(H,11,12,13);(H2,2,3,4). The molecule has 0 aliphatic carbocycles. The Labute approximate surface area is 96.9 Å². The van der Waals surface area contributed by atoms with E-state index in [-0.39, 0.29) is 24.2 Å². The number of imide groups is 1. The summed E-state index contributed by atoms with van der Waals surface area (Å²) < 4.78 is 0. The molecule has 2 amide bonds. The van der Waals surface area contributed by atoms with Gasteiger partial charge >= 0.3 is 6.16 Å². The summed E-state index contributed by atoms with van der Waals surface area (Å²) in [6.07, 6.45) is -1.55. The average Bonchev–Trinajstić information content (AvgIpc) is 2.58. The van der Waals surface area contributed by atoms with Crippen molar-refractivity contribution >= 4 is 18.0 Å². The van der Waals surface area contributed by atoms with Crippen molar-refractivity contribution in [2.75, 3.05) is 0 Å². The molecule has 1 aliphatic heterocycles. The van der Waals surface area contributed by atoms with Crippen LogP contribution in [0.15, 0.2) is 30.3 Å². The first-order valence-electron chi connectivity index (χ1n) is 4.81. The molecule has 0 saturated carbocycles. The fraction of sp³-hybridized carbons (Fsp3) is 0.182. The Balaban J connectivity index is 0.000000317. The van der Waals surface area contributed by atoms with Crippen LogP contribution in [0.1, 0.15) is 17.9 Å². The first-order chi connectivity index (χ1) is 8.00. The summed E-state index contributed by atoms with van der Waals surface area (Å²) in [6, 6.07) is 9.35. The topological polar surface area (TPSA) is 104 Å². The minimum absolute atomic E-state index is 0.182. The van der Waals surface area contributed by atoms with Gasteiger partial charge in [-0.25, -0.2) is 4.79 Å². The van der Waals surface area contributed by atoms with Gasteiger partial charge in [0, 0.05) is 6.42 Å². The number of nitrogens with one attached hydrogen (secondary N) is 1. The summed E-state index contributed by atoms with van der Waals surface area (Å²) >= 11 is 0. The van der Waals surface area contributed by atoms with Crippen LogP contribution in [0.25, 0.3) is 0 Å². The summed E-state index contributed by atoms with van der Waals surface area (Å²) in [7, 11) is 0. The summed E-state index contributed by atoms with van der Waals surface area (Å²) in [5.41, 5.74) is 0.908. The first kappa shape index (κ1) is 12.7. The lowest BCUT2D eigenvalue weighted by Crippen LogP contribution is -2.21. The van der Waals surface area contributed by atoms with Gasteiger partial charge in [-0.1, -0.05) is 30.3 Å². The molecule has 6 heteroatoms. The number of amides is 2. The Bertz CT molecular complexity index is 425. The van der Waals surface area contributed by atoms with Crippen molar-refractivity contribution in [3.05, 3.63) is 35.9 Å². The third kappa shape index (κ3) is 3.94. The van der Waals surface area contributed by atoms with E-state index in [1.54, 1.807) is 0 Å². The molecule has 0 bridgehead atoms. The van der Waals surface area contributed by atoms with E-state index in [4.69, 9.17) is 15.0 Å². The van der Waals surface area contributed by atoms with Crippen molar-refractivity contribution < 1.29 is 24.6 Å². The maximum absolute atomic E-state index is 11.3. The fourth-order valence-electron chi connectivity index (χ4n) is 1.51. The number of rotatable bonds is 1. The van der Waals surface area contributed by atoms with E-state index in [1.807, 2.05) is 30.3 Å². The Morgan fingerprint density at radius 2 is 1.71 bits per heavy atom. The highest BCUT2D eigenvalue weighted by molar-refractivity contribution is 6.06. The van der Waals surface area contributed by atoms with Crippen LogP contribution in [0.2, 0.25) is 0 Å². The molecule has 1 saturated heterocycles. The Morgan fingerprint density at radius 3 is 2.12 bits per heavy atom. The van der Waals surface area contributed by atoms with E-state index in [0.29, 0.717) is 0 Å². The second-order valence-electron chi connectivity index (χ2n) is 3.36. The van der Waals surface area contributed by atoms with Crippen LogP contribution in [0.5, 0.6) is 0 Å². The molecule has 90 valence electrons. The minimum Gasteiger partial charge on any atom is -0.450 e. The van der Waals surface area contributed by atoms with E-state index < -0.39 is 6.16 Å². The lowest BCUT2D eigenvalue weighted by atomic mass is 9.98. The summed E-state index contributed by atoms with van der Waals surface area (Å²) in [5.74, 6) is -0.649. The highest BCUT2D eigenvalue weighted by Gasteiger charge is 2.31. The van der Waals surface area contributed by atoms with Gasteiger partial charge in [-0.3, -0.25) is 14.9 Å². The molecule has 3 N–H and O–H groups in total. The molecular formula is C11H11NO5. The van der Waals surface area contributed by atoms with Crippen LogP contribution in [-0.4, -0.2) is 28.2 Å². The van der Waals surface area contributed by atoms with E-state index in [0.717, 1.165) is 5.56 Å². The third-order valence-electron chi connectivity index (χ3n) is 2.17. The zero-order chi connectivity index (χ0) is 12.8. The molecule has 1 aromatic carbocycles. The number of carbonyl (C=O) groups is 3. The Kier molecular flexibility index (Phi) is 4.21. The molecule has 2 rings (SSSR count). The van der Waals surface area contributed by atoms with Crippen molar-refractivity contribution in [3.8, 4) is 0 Å². The number of carbonyl (C=O) groups excluding carboxylic acids is 2. The number of benzene rings is 1. The molecular weight excluding hydrogens is 226 g/mol. The van der Waals surface area contributed by atoms with Crippen molar-refractivity contribution in [2.45, 2.75) is 12.3 Å². The second kappa shape index (κ2) is 5.64. The quantitative estimate of drug-likeness (QED) is 0.633.